The lowest BCUT2D eigenvalue weighted by atomic mass is 9.82. The molecule has 13 heavy (non-hydrogen) atoms. The van der Waals surface area contributed by atoms with Gasteiger partial charge in [0, 0.05) is 18.5 Å². The fraction of sp³-hybridized carbons (Fsp3) is 0.889. The van der Waals surface area contributed by atoms with E-state index in [0.717, 1.165) is 19.5 Å². The van der Waals surface area contributed by atoms with Gasteiger partial charge in [-0.2, -0.15) is 0 Å². The molecule has 0 amide bonds. The fourth-order valence-electron chi connectivity index (χ4n) is 2.86. The lowest BCUT2D eigenvalue weighted by molar-refractivity contribution is 0.116. The standard InChI is InChI=1S/C9H17N3O/c10-8(11)12-4-7-2-1-3-9(7,5-12)6-13/h7,13H,1-6H2,(H3,10,11)/t7-,9+/m0/s1. The number of fused-ring (bicyclic) bond motifs is 1. The molecule has 0 aromatic carbocycles. The van der Waals surface area contributed by atoms with Crippen molar-refractivity contribution < 1.29 is 5.11 Å². The summed E-state index contributed by atoms with van der Waals surface area (Å²) in [6, 6.07) is 0. The zero-order valence-corrected chi connectivity index (χ0v) is 7.79. The molecular formula is C9H17N3O. The zero-order valence-electron chi connectivity index (χ0n) is 7.79. The highest BCUT2D eigenvalue weighted by Crippen LogP contribution is 2.47. The number of nitrogens with zero attached hydrogens (tertiary/aromatic N) is 1. The monoisotopic (exact) mass is 183 g/mol. The predicted molar refractivity (Wildman–Crippen MR) is 50.3 cm³/mol. The molecule has 1 aliphatic heterocycles. The van der Waals surface area contributed by atoms with Crippen LogP contribution in [0.25, 0.3) is 0 Å². The molecule has 1 heterocycles. The third-order valence-electron chi connectivity index (χ3n) is 3.70. The second kappa shape index (κ2) is 2.87. The summed E-state index contributed by atoms with van der Waals surface area (Å²) in [6.07, 6.45) is 3.50. The molecule has 1 saturated heterocycles. The number of nitrogens with one attached hydrogen (secondary N) is 1. The first-order chi connectivity index (χ1) is 6.18. The van der Waals surface area contributed by atoms with Gasteiger partial charge < -0.3 is 15.7 Å². The Morgan fingerprint density at radius 3 is 3.00 bits per heavy atom. The number of aliphatic hydroxyl groups is 1. The van der Waals surface area contributed by atoms with Crippen LogP contribution in [-0.2, 0) is 0 Å². The summed E-state index contributed by atoms with van der Waals surface area (Å²) in [5, 5.41) is 16.7. The average molecular weight is 183 g/mol. The summed E-state index contributed by atoms with van der Waals surface area (Å²) in [7, 11) is 0. The second-order valence-corrected chi connectivity index (χ2v) is 4.38. The summed E-state index contributed by atoms with van der Waals surface area (Å²) in [6.45, 7) is 1.90. The Balaban J connectivity index is 2.13. The van der Waals surface area contributed by atoms with E-state index in [1.54, 1.807) is 0 Å². The first kappa shape index (κ1) is 8.81. The van der Waals surface area contributed by atoms with Crippen molar-refractivity contribution in [1.29, 1.82) is 5.41 Å². The van der Waals surface area contributed by atoms with Gasteiger partial charge in [-0.15, -0.1) is 0 Å². The number of hydrogen-bond donors (Lipinski definition) is 3. The van der Waals surface area contributed by atoms with E-state index >= 15 is 0 Å². The first-order valence-corrected chi connectivity index (χ1v) is 4.88. The molecule has 0 spiro atoms. The molecule has 2 fully saturated rings. The van der Waals surface area contributed by atoms with Gasteiger partial charge in [0.25, 0.3) is 0 Å². The van der Waals surface area contributed by atoms with E-state index < -0.39 is 0 Å². The Bertz CT molecular complexity index is 231. The van der Waals surface area contributed by atoms with E-state index in [1.165, 1.54) is 12.8 Å². The van der Waals surface area contributed by atoms with Crippen molar-refractivity contribution in [3.8, 4) is 0 Å². The normalized spacial score (nSPS) is 37.9. The Morgan fingerprint density at radius 1 is 1.69 bits per heavy atom. The van der Waals surface area contributed by atoms with Crippen LogP contribution in [0.5, 0.6) is 0 Å². The van der Waals surface area contributed by atoms with Crippen molar-refractivity contribution in [2.24, 2.45) is 17.1 Å². The van der Waals surface area contributed by atoms with Crippen LogP contribution in [0.3, 0.4) is 0 Å². The Morgan fingerprint density at radius 2 is 2.46 bits per heavy atom. The Kier molecular flexibility index (Phi) is 1.95. The number of rotatable bonds is 1. The minimum absolute atomic E-state index is 0.0612. The predicted octanol–water partition coefficient (Wildman–Crippen LogP) is -0.0257. The van der Waals surface area contributed by atoms with Crippen molar-refractivity contribution >= 4 is 5.96 Å². The maximum absolute atomic E-state index is 9.39. The van der Waals surface area contributed by atoms with Crippen LogP contribution in [0.15, 0.2) is 0 Å². The van der Waals surface area contributed by atoms with Gasteiger partial charge in [0.15, 0.2) is 5.96 Å². The van der Waals surface area contributed by atoms with Crippen molar-refractivity contribution in [3.05, 3.63) is 0 Å². The lowest BCUT2D eigenvalue weighted by Gasteiger charge is -2.25. The van der Waals surface area contributed by atoms with Crippen LogP contribution in [0.1, 0.15) is 19.3 Å². The second-order valence-electron chi connectivity index (χ2n) is 4.38. The van der Waals surface area contributed by atoms with Gasteiger partial charge in [-0.05, 0) is 18.8 Å². The fourth-order valence-corrected chi connectivity index (χ4v) is 2.86. The number of aliphatic hydroxyl groups excluding tert-OH is 1. The van der Waals surface area contributed by atoms with Gasteiger partial charge in [0.05, 0.1) is 6.61 Å². The van der Waals surface area contributed by atoms with Gasteiger partial charge >= 0.3 is 0 Å². The van der Waals surface area contributed by atoms with Crippen LogP contribution in [0.2, 0.25) is 0 Å². The molecule has 2 atom stereocenters. The molecule has 0 bridgehead atoms. The molecule has 4 heteroatoms. The van der Waals surface area contributed by atoms with Crippen molar-refractivity contribution in [2.45, 2.75) is 19.3 Å². The summed E-state index contributed by atoms with van der Waals surface area (Å²) in [5.41, 5.74) is 5.50. The molecule has 4 N–H and O–H groups in total. The third kappa shape index (κ3) is 1.20. The van der Waals surface area contributed by atoms with E-state index in [-0.39, 0.29) is 18.0 Å². The third-order valence-corrected chi connectivity index (χ3v) is 3.70. The number of likely N-dealkylation sites (tertiary alicyclic amines) is 1. The molecule has 2 aliphatic rings. The van der Waals surface area contributed by atoms with Crippen LogP contribution >= 0.6 is 0 Å². The smallest absolute Gasteiger partial charge is 0.188 e. The summed E-state index contributed by atoms with van der Waals surface area (Å²) >= 11 is 0. The van der Waals surface area contributed by atoms with Crippen LogP contribution in [-0.4, -0.2) is 35.7 Å². The largest absolute Gasteiger partial charge is 0.396 e. The molecule has 74 valence electrons. The SMILES string of the molecule is N=C(N)N1C[C@@H]2CCC[C@]2(CO)C1. The molecule has 0 unspecified atom stereocenters. The molecule has 4 nitrogen and oxygen atoms in total. The van der Waals surface area contributed by atoms with Gasteiger partial charge in [0.1, 0.15) is 0 Å². The number of nitrogens with two attached hydrogens (primary N) is 1. The quantitative estimate of drug-likeness (QED) is 0.395. The Hall–Kier alpha value is -0.770. The van der Waals surface area contributed by atoms with E-state index in [2.05, 4.69) is 0 Å². The van der Waals surface area contributed by atoms with E-state index in [0.29, 0.717) is 5.92 Å². The molecule has 1 aliphatic carbocycles. The van der Waals surface area contributed by atoms with Crippen LogP contribution in [0.4, 0.5) is 0 Å². The van der Waals surface area contributed by atoms with Gasteiger partial charge in [-0.3, -0.25) is 5.41 Å². The highest BCUT2D eigenvalue weighted by atomic mass is 16.3. The minimum Gasteiger partial charge on any atom is -0.396 e. The zero-order chi connectivity index (χ0) is 9.47. The van der Waals surface area contributed by atoms with Crippen LogP contribution in [0, 0.1) is 16.7 Å². The molecule has 0 radical (unpaired) electrons. The molecule has 2 rings (SSSR count). The first-order valence-electron chi connectivity index (χ1n) is 4.88. The molecule has 1 saturated carbocycles. The van der Waals surface area contributed by atoms with Gasteiger partial charge in [-0.25, -0.2) is 0 Å². The highest BCUT2D eigenvalue weighted by Gasteiger charge is 2.49. The molecule has 0 aromatic heterocycles. The van der Waals surface area contributed by atoms with Gasteiger partial charge in [0.2, 0.25) is 0 Å². The maximum Gasteiger partial charge on any atom is 0.188 e. The lowest BCUT2D eigenvalue weighted by Crippen LogP contribution is -2.37. The van der Waals surface area contributed by atoms with Crippen molar-refractivity contribution in [1.82, 2.24) is 4.90 Å². The summed E-state index contributed by atoms with van der Waals surface area (Å²) in [5.74, 6) is 0.712. The highest BCUT2D eigenvalue weighted by molar-refractivity contribution is 5.75. The van der Waals surface area contributed by atoms with E-state index in [1.807, 2.05) is 4.90 Å². The average Bonchev–Trinajstić information content (AvgIpc) is 2.58. The molecule has 0 aromatic rings. The Labute approximate surface area is 78.2 Å². The minimum atomic E-state index is 0.0612. The van der Waals surface area contributed by atoms with Crippen molar-refractivity contribution in [2.75, 3.05) is 19.7 Å². The van der Waals surface area contributed by atoms with E-state index in [4.69, 9.17) is 11.1 Å². The van der Waals surface area contributed by atoms with E-state index in [9.17, 15) is 5.11 Å². The van der Waals surface area contributed by atoms with Gasteiger partial charge in [-0.1, -0.05) is 6.42 Å². The maximum atomic E-state index is 9.39. The summed E-state index contributed by atoms with van der Waals surface area (Å²) < 4.78 is 0. The number of hydrogen-bond acceptors (Lipinski definition) is 2. The topological polar surface area (TPSA) is 73.3 Å². The summed E-state index contributed by atoms with van der Waals surface area (Å²) in [4.78, 5) is 1.89. The molecular weight excluding hydrogens is 166 g/mol. The number of guanidine groups is 1. The van der Waals surface area contributed by atoms with Crippen molar-refractivity contribution in [3.63, 3.8) is 0 Å². The van der Waals surface area contributed by atoms with Crippen LogP contribution < -0.4 is 5.73 Å².